The fourth-order valence-electron chi connectivity index (χ4n) is 0.977. The van der Waals surface area contributed by atoms with Crippen LogP contribution >= 0.6 is 0 Å². The molecule has 3 heteroatoms. The number of hydrogen-bond donors (Lipinski definition) is 0. The molecule has 0 aliphatic heterocycles. The number of hydrogen-bond acceptors (Lipinski definition) is 2. The Hall–Kier alpha value is -1.64. The molecule has 0 aromatic heterocycles. The van der Waals surface area contributed by atoms with Gasteiger partial charge in [0.15, 0.2) is 0 Å². The lowest BCUT2D eigenvalue weighted by Crippen LogP contribution is -1.86. The van der Waals surface area contributed by atoms with Crippen molar-refractivity contribution in [3.63, 3.8) is 0 Å². The van der Waals surface area contributed by atoms with Crippen LogP contribution in [0, 0.1) is 17.0 Å². The van der Waals surface area contributed by atoms with E-state index in [1.165, 1.54) is 12.1 Å². The zero-order valence-corrected chi connectivity index (χ0v) is 7.36. The molecule has 0 saturated carbocycles. The first kappa shape index (κ1) is 9.45. The van der Waals surface area contributed by atoms with Crippen LogP contribution in [0.1, 0.15) is 12.5 Å². The minimum atomic E-state index is -0.412. The van der Waals surface area contributed by atoms with Crippen LogP contribution in [0.2, 0.25) is 0 Å². The van der Waals surface area contributed by atoms with Crippen molar-refractivity contribution >= 4 is 11.8 Å². The minimum absolute atomic E-state index is 0.110. The maximum atomic E-state index is 10.3. The van der Waals surface area contributed by atoms with Gasteiger partial charge >= 0.3 is 0 Å². The number of non-ortho nitro benzene ring substituents is 1. The van der Waals surface area contributed by atoms with Gasteiger partial charge in [-0.1, -0.05) is 11.6 Å². The van der Waals surface area contributed by atoms with Gasteiger partial charge in [0.05, 0.1) is 4.92 Å². The maximum Gasteiger partial charge on any atom is 0.269 e. The number of nitro benzene ring substituents is 1. The summed E-state index contributed by atoms with van der Waals surface area (Å²) in [7, 11) is 0. The molecule has 0 fully saturated rings. The van der Waals surface area contributed by atoms with E-state index in [2.05, 4.69) is 6.92 Å². The average molecular weight is 176 g/mol. The molecular formula is C10H10NO2. The summed E-state index contributed by atoms with van der Waals surface area (Å²) >= 11 is 0. The highest BCUT2D eigenvalue weighted by molar-refractivity contribution is 5.54. The third kappa shape index (κ3) is 2.71. The van der Waals surface area contributed by atoms with Crippen molar-refractivity contribution in [1.82, 2.24) is 0 Å². The van der Waals surface area contributed by atoms with Crippen LogP contribution < -0.4 is 0 Å². The van der Waals surface area contributed by atoms with E-state index in [9.17, 15) is 10.1 Å². The Morgan fingerprint density at radius 1 is 1.46 bits per heavy atom. The topological polar surface area (TPSA) is 43.1 Å². The minimum Gasteiger partial charge on any atom is -0.258 e. The molecule has 1 aromatic carbocycles. The molecule has 0 heterocycles. The molecule has 0 unspecified atom stereocenters. The summed E-state index contributed by atoms with van der Waals surface area (Å²) in [6, 6.07) is 6.36. The van der Waals surface area contributed by atoms with Crippen molar-refractivity contribution < 1.29 is 4.92 Å². The van der Waals surface area contributed by atoms with Gasteiger partial charge in [-0.25, -0.2) is 0 Å². The van der Waals surface area contributed by atoms with Crippen LogP contribution in [0.25, 0.3) is 6.08 Å². The van der Waals surface area contributed by atoms with Gasteiger partial charge in [0.2, 0.25) is 0 Å². The van der Waals surface area contributed by atoms with E-state index in [0.29, 0.717) is 0 Å². The number of benzene rings is 1. The molecule has 67 valence electrons. The Bertz CT molecular complexity index is 334. The molecule has 1 aromatic rings. The molecule has 0 spiro atoms. The second-order valence-electron chi connectivity index (χ2n) is 2.84. The molecule has 0 bridgehead atoms. The van der Waals surface area contributed by atoms with Crippen LogP contribution in [0.4, 0.5) is 5.69 Å². The largest absolute Gasteiger partial charge is 0.269 e. The van der Waals surface area contributed by atoms with Crippen molar-refractivity contribution in [2.45, 2.75) is 6.92 Å². The van der Waals surface area contributed by atoms with Crippen molar-refractivity contribution in [2.24, 2.45) is 0 Å². The summed E-state index contributed by atoms with van der Waals surface area (Å²) in [5, 5.41) is 10.3. The summed E-state index contributed by atoms with van der Waals surface area (Å²) in [4.78, 5) is 9.90. The molecule has 0 aliphatic carbocycles. The average Bonchev–Trinajstić information content (AvgIpc) is 2.04. The molecular weight excluding hydrogens is 166 g/mol. The van der Waals surface area contributed by atoms with E-state index in [1.54, 1.807) is 12.1 Å². The number of allylic oxidation sites excluding steroid dienone is 1. The summed E-state index contributed by atoms with van der Waals surface area (Å²) in [5.74, 6) is 0. The zero-order valence-electron chi connectivity index (χ0n) is 7.36. The van der Waals surface area contributed by atoms with Crippen LogP contribution in [0.15, 0.2) is 29.8 Å². The quantitative estimate of drug-likeness (QED) is 0.513. The summed E-state index contributed by atoms with van der Waals surface area (Å²) < 4.78 is 0. The molecule has 0 aliphatic rings. The Morgan fingerprint density at radius 3 is 2.38 bits per heavy atom. The van der Waals surface area contributed by atoms with Crippen molar-refractivity contribution in [2.75, 3.05) is 0 Å². The molecule has 1 rings (SSSR count). The van der Waals surface area contributed by atoms with Crippen LogP contribution in [-0.4, -0.2) is 4.92 Å². The highest BCUT2D eigenvalue weighted by Crippen LogP contribution is 2.13. The van der Waals surface area contributed by atoms with Gasteiger partial charge in [-0.15, -0.1) is 0 Å². The molecule has 13 heavy (non-hydrogen) atoms. The summed E-state index contributed by atoms with van der Waals surface area (Å²) in [6.45, 7) is 5.59. The lowest BCUT2D eigenvalue weighted by molar-refractivity contribution is -0.384. The summed E-state index contributed by atoms with van der Waals surface area (Å²) in [6.07, 6.45) is 1.86. The fourth-order valence-corrected chi connectivity index (χ4v) is 0.977. The Labute approximate surface area is 76.9 Å². The standard InChI is InChI=1S/C10H10NO2/c1-8(2)7-9-3-5-10(6-4-9)11(12)13/h3-7H,1H2,2H3. The van der Waals surface area contributed by atoms with Crippen molar-refractivity contribution in [3.8, 4) is 0 Å². The number of nitrogens with zero attached hydrogens (tertiary/aromatic N) is 1. The predicted octanol–water partition coefficient (Wildman–Crippen LogP) is 2.83. The second-order valence-corrected chi connectivity index (χ2v) is 2.84. The maximum absolute atomic E-state index is 10.3. The monoisotopic (exact) mass is 176 g/mol. The first-order valence-corrected chi connectivity index (χ1v) is 3.84. The van der Waals surface area contributed by atoms with Gasteiger partial charge < -0.3 is 0 Å². The Morgan fingerprint density at radius 2 is 2.00 bits per heavy atom. The van der Waals surface area contributed by atoms with Crippen molar-refractivity contribution in [1.29, 1.82) is 0 Å². The zero-order chi connectivity index (χ0) is 9.84. The molecule has 0 amide bonds. The molecule has 0 N–H and O–H groups in total. The smallest absolute Gasteiger partial charge is 0.258 e. The molecule has 3 nitrogen and oxygen atoms in total. The molecule has 0 atom stereocenters. The molecule has 0 saturated heterocycles. The number of rotatable bonds is 2. The van der Waals surface area contributed by atoms with E-state index >= 15 is 0 Å². The van der Waals surface area contributed by atoms with E-state index in [-0.39, 0.29) is 5.69 Å². The second kappa shape index (κ2) is 3.85. The van der Waals surface area contributed by atoms with Gasteiger partial charge in [0, 0.05) is 12.1 Å². The van der Waals surface area contributed by atoms with Gasteiger partial charge in [0.1, 0.15) is 0 Å². The first-order valence-electron chi connectivity index (χ1n) is 3.84. The third-order valence-electron chi connectivity index (χ3n) is 1.52. The fraction of sp³-hybridized carbons (Fsp3) is 0.100. The van der Waals surface area contributed by atoms with E-state index in [4.69, 9.17) is 0 Å². The van der Waals surface area contributed by atoms with Crippen LogP contribution in [-0.2, 0) is 0 Å². The highest BCUT2D eigenvalue weighted by Gasteiger charge is 2.01. The first-order chi connectivity index (χ1) is 6.09. The normalized spacial score (nSPS) is 11.4. The Balaban J connectivity index is 2.94. The lowest BCUT2D eigenvalue weighted by Gasteiger charge is -1.94. The number of nitro groups is 1. The Kier molecular flexibility index (Phi) is 2.80. The van der Waals surface area contributed by atoms with Gasteiger partial charge in [-0.3, -0.25) is 10.1 Å². The van der Waals surface area contributed by atoms with E-state index in [0.717, 1.165) is 11.1 Å². The van der Waals surface area contributed by atoms with Crippen LogP contribution in [0.3, 0.4) is 0 Å². The lowest BCUT2D eigenvalue weighted by atomic mass is 10.1. The SMILES string of the molecule is [CH2]C(C)=Cc1ccc([N+](=O)[O-])cc1. The third-order valence-corrected chi connectivity index (χ3v) is 1.52. The van der Waals surface area contributed by atoms with Crippen LogP contribution in [0.5, 0.6) is 0 Å². The molecule has 1 radical (unpaired) electrons. The van der Waals surface area contributed by atoms with E-state index in [1.807, 2.05) is 13.0 Å². The van der Waals surface area contributed by atoms with E-state index < -0.39 is 4.92 Å². The van der Waals surface area contributed by atoms with Gasteiger partial charge in [-0.2, -0.15) is 0 Å². The van der Waals surface area contributed by atoms with Gasteiger partial charge in [-0.05, 0) is 31.5 Å². The van der Waals surface area contributed by atoms with Crippen molar-refractivity contribution in [3.05, 3.63) is 52.4 Å². The predicted molar refractivity (Wildman–Crippen MR) is 52.1 cm³/mol. The van der Waals surface area contributed by atoms with Gasteiger partial charge in [0.25, 0.3) is 5.69 Å². The summed E-state index contributed by atoms with van der Waals surface area (Å²) in [5.41, 5.74) is 1.96. The highest BCUT2D eigenvalue weighted by atomic mass is 16.6.